The summed E-state index contributed by atoms with van der Waals surface area (Å²) in [7, 11) is 0. The van der Waals surface area contributed by atoms with Crippen molar-refractivity contribution in [2.24, 2.45) is 11.1 Å². The van der Waals surface area contributed by atoms with E-state index in [1.807, 2.05) is 32.9 Å². The molecule has 1 amide bonds. The molecule has 1 unspecified atom stereocenters. The second kappa shape index (κ2) is 6.62. The van der Waals surface area contributed by atoms with Gasteiger partial charge in [-0.3, -0.25) is 9.69 Å². The van der Waals surface area contributed by atoms with E-state index in [-0.39, 0.29) is 17.4 Å². The Bertz CT molecular complexity index is 445. The molecule has 2 atom stereocenters. The number of furan rings is 1. The summed E-state index contributed by atoms with van der Waals surface area (Å²) in [4.78, 5) is 14.6. The van der Waals surface area contributed by atoms with Crippen LogP contribution in [0.2, 0.25) is 0 Å². The molecule has 0 aliphatic carbocycles. The maximum absolute atomic E-state index is 12.2. The van der Waals surface area contributed by atoms with E-state index in [2.05, 4.69) is 10.2 Å². The van der Waals surface area contributed by atoms with Crippen molar-refractivity contribution in [3.8, 4) is 0 Å². The first-order valence-corrected chi connectivity index (χ1v) is 7.70. The number of hydrogen-bond acceptors (Lipinski definition) is 4. The molecule has 5 heteroatoms. The molecule has 0 saturated carbocycles. The first kappa shape index (κ1) is 16.0. The molecule has 1 saturated heterocycles. The fourth-order valence-corrected chi connectivity index (χ4v) is 2.64. The summed E-state index contributed by atoms with van der Waals surface area (Å²) in [6, 6.07) is 3.45. The van der Waals surface area contributed by atoms with E-state index in [4.69, 9.17) is 10.2 Å². The van der Waals surface area contributed by atoms with Crippen molar-refractivity contribution in [2.75, 3.05) is 19.6 Å². The summed E-state index contributed by atoms with van der Waals surface area (Å²) in [5.41, 5.74) is 5.77. The van der Waals surface area contributed by atoms with Gasteiger partial charge in [-0.1, -0.05) is 20.8 Å². The largest absolute Gasteiger partial charge is 0.468 e. The lowest BCUT2D eigenvalue weighted by atomic mass is 9.87. The number of likely N-dealkylation sites (tertiary alicyclic amines) is 1. The van der Waals surface area contributed by atoms with Crippen LogP contribution in [0, 0.1) is 5.41 Å². The van der Waals surface area contributed by atoms with E-state index in [1.165, 1.54) is 12.8 Å². The van der Waals surface area contributed by atoms with Gasteiger partial charge in [0.1, 0.15) is 5.76 Å². The molecule has 1 aliphatic rings. The third-order valence-electron chi connectivity index (χ3n) is 4.14. The molecular weight excluding hydrogens is 266 g/mol. The van der Waals surface area contributed by atoms with Gasteiger partial charge in [0.05, 0.1) is 18.3 Å². The van der Waals surface area contributed by atoms with Crippen molar-refractivity contribution >= 4 is 5.91 Å². The highest BCUT2D eigenvalue weighted by atomic mass is 16.3. The van der Waals surface area contributed by atoms with Crippen LogP contribution in [-0.4, -0.2) is 36.5 Å². The number of amides is 1. The SMILES string of the molecule is CC(C)(C)[C@@H](N)C(=O)NCC(c1ccco1)N1CCCC1. The van der Waals surface area contributed by atoms with Crippen LogP contribution in [0.3, 0.4) is 0 Å². The van der Waals surface area contributed by atoms with Crippen LogP contribution in [0.1, 0.15) is 45.4 Å². The molecule has 1 fully saturated rings. The summed E-state index contributed by atoms with van der Waals surface area (Å²) >= 11 is 0. The Kier molecular flexibility index (Phi) is 5.06. The molecule has 2 rings (SSSR count). The van der Waals surface area contributed by atoms with Crippen molar-refractivity contribution in [3.63, 3.8) is 0 Å². The number of hydrogen-bond donors (Lipinski definition) is 2. The highest BCUT2D eigenvalue weighted by molar-refractivity contribution is 5.82. The van der Waals surface area contributed by atoms with Crippen LogP contribution in [0.25, 0.3) is 0 Å². The van der Waals surface area contributed by atoms with E-state index in [1.54, 1.807) is 6.26 Å². The average Bonchev–Trinajstić information content (AvgIpc) is 3.10. The molecule has 0 spiro atoms. The zero-order valence-corrected chi connectivity index (χ0v) is 13.3. The Balaban J connectivity index is 1.98. The number of carbonyl (C=O) groups is 1. The Hall–Kier alpha value is -1.33. The normalized spacial score (nSPS) is 19.4. The van der Waals surface area contributed by atoms with E-state index in [9.17, 15) is 4.79 Å². The fraction of sp³-hybridized carbons (Fsp3) is 0.688. The molecule has 5 nitrogen and oxygen atoms in total. The molecule has 21 heavy (non-hydrogen) atoms. The van der Waals surface area contributed by atoms with Crippen LogP contribution < -0.4 is 11.1 Å². The van der Waals surface area contributed by atoms with Crippen molar-refractivity contribution in [1.82, 2.24) is 10.2 Å². The van der Waals surface area contributed by atoms with E-state index in [0.717, 1.165) is 18.8 Å². The lowest BCUT2D eigenvalue weighted by Gasteiger charge is -2.29. The van der Waals surface area contributed by atoms with Crippen molar-refractivity contribution in [2.45, 2.75) is 45.7 Å². The Morgan fingerprint density at radius 2 is 2.10 bits per heavy atom. The molecular formula is C16H27N3O2. The first-order chi connectivity index (χ1) is 9.89. The quantitative estimate of drug-likeness (QED) is 0.870. The number of nitrogens with one attached hydrogen (secondary N) is 1. The lowest BCUT2D eigenvalue weighted by molar-refractivity contribution is -0.124. The fourth-order valence-electron chi connectivity index (χ4n) is 2.64. The molecule has 0 bridgehead atoms. The predicted molar refractivity (Wildman–Crippen MR) is 82.7 cm³/mol. The van der Waals surface area contributed by atoms with Crippen LogP contribution in [-0.2, 0) is 4.79 Å². The smallest absolute Gasteiger partial charge is 0.237 e. The summed E-state index contributed by atoms with van der Waals surface area (Å²) in [5.74, 6) is 0.805. The summed E-state index contributed by atoms with van der Waals surface area (Å²) in [6.45, 7) is 8.56. The number of carbonyl (C=O) groups excluding carboxylic acids is 1. The average molecular weight is 293 g/mol. The minimum Gasteiger partial charge on any atom is -0.468 e. The number of nitrogens with zero attached hydrogens (tertiary/aromatic N) is 1. The summed E-state index contributed by atoms with van der Waals surface area (Å²) in [5, 5.41) is 2.99. The molecule has 1 aliphatic heterocycles. The van der Waals surface area contributed by atoms with Gasteiger partial charge >= 0.3 is 0 Å². The molecule has 3 N–H and O–H groups in total. The topological polar surface area (TPSA) is 71.5 Å². The Labute approximate surface area is 126 Å². The highest BCUT2D eigenvalue weighted by Gasteiger charge is 2.30. The van der Waals surface area contributed by atoms with Gasteiger partial charge in [-0.2, -0.15) is 0 Å². The van der Waals surface area contributed by atoms with E-state index < -0.39 is 6.04 Å². The maximum Gasteiger partial charge on any atom is 0.237 e. The molecule has 118 valence electrons. The minimum atomic E-state index is -0.506. The third kappa shape index (κ3) is 4.08. The zero-order chi connectivity index (χ0) is 15.5. The Morgan fingerprint density at radius 1 is 1.43 bits per heavy atom. The minimum absolute atomic E-state index is 0.0959. The van der Waals surface area contributed by atoms with Crippen LogP contribution in [0.5, 0.6) is 0 Å². The van der Waals surface area contributed by atoms with Crippen LogP contribution in [0.4, 0.5) is 0 Å². The second-order valence-corrected chi connectivity index (χ2v) is 6.86. The van der Waals surface area contributed by atoms with Crippen molar-refractivity contribution in [3.05, 3.63) is 24.2 Å². The molecule has 0 aromatic carbocycles. The van der Waals surface area contributed by atoms with E-state index in [0.29, 0.717) is 6.54 Å². The third-order valence-corrected chi connectivity index (χ3v) is 4.14. The number of nitrogens with two attached hydrogens (primary N) is 1. The number of rotatable bonds is 5. The second-order valence-electron chi connectivity index (χ2n) is 6.86. The van der Waals surface area contributed by atoms with Crippen LogP contribution >= 0.6 is 0 Å². The van der Waals surface area contributed by atoms with Gasteiger partial charge in [0.25, 0.3) is 0 Å². The van der Waals surface area contributed by atoms with Gasteiger partial charge in [0.15, 0.2) is 0 Å². The summed E-state index contributed by atoms with van der Waals surface area (Å²) in [6.07, 6.45) is 4.08. The van der Waals surface area contributed by atoms with Crippen molar-refractivity contribution < 1.29 is 9.21 Å². The molecule has 1 aromatic heterocycles. The van der Waals surface area contributed by atoms with Gasteiger partial charge in [0, 0.05) is 6.54 Å². The van der Waals surface area contributed by atoms with Gasteiger partial charge in [-0.25, -0.2) is 0 Å². The van der Waals surface area contributed by atoms with Gasteiger partial charge < -0.3 is 15.5 Å². The summed E-state index contributed by atoms with van der Waals surface area (Å²) < 4.78 is 5.54. The van der Waals surface area contributed by atoms with E-state index >= 15 is 0 Å². The maximum atomic E-state index is 12.2. The lowest BCUT2D eigenvalue weighted by Crippen LogP contribution is -2.50. The van der Waals surface area contributed by atoms with Crippen LogP contribution in [0.15, 0.2) is 22.8 Å². The van der Waals surface area contributed by atoms with Gasteiger partial charge in [-0.05, 0) is 43.5 Å². The molecule has 1 aromatic rings. The van der Waals surface area contributed by atoms with Gasteiger partial charge in [0.2, 0.25) is 5.91 Å². The zero-order valence-electron chi connectivity index (χ0n) is 13.3. The monoisotopic (exact) mass is 293 g/mol. The first-order valence-electron chi connectivity index (χ1n) is 7.70. The molecule has 0 radical (unpaired) electrons. The molecule has 2 heterocycles. The van der Waals surface area contributed by atoms with Crippen molar-refractivity contribution in [1.29, 1.82) is 0 Å². The predicted octanol–water partition coefficient (Wildman–Crippen LogP) is 1.91. The standard InChI is InChI=1S/C16H27N3O2/c1-16(2,3)14(17)15(20)18-11-12(13-7-6-10-21-13)19-8-4-5-9-19/h6-7,10,12,14H,4-5,8-9,11,17H2,1-3H3,(H,18,20)/t12?,14-/m0/s1. The highest BCUT2D eigenvalue weighted by Crippen LogP contribution is 2.25. The Morgan fingerprint density at radius 3 is 2.62 bits per heavy atom. The van der Waals surface area contributed by atoms with Gasteiger partial charge in [-0.15, -0.1) is 0 Å².